The van der Waals surface area contributed by atoms with Gasteiger partial charge in [-0.05, 0) is 18.4 Å². The Hall–Kier alpha value is -2.43. The first-order valence-corrected chi connectivity index (χ1v) is 7.06. The Morgan fingerprint density at radius 3 is 2.62 bits per heavy atom. The number of nitrogen functional groups attached to an aromatic ring is 1. The van der Waals surface area contributed by atoms with E-state index in [0.717, 1.165) is 18.4 Å². The highest BCUT2D eigenvalue weighted by Gasteiger charge is 2.31. The monoisotopic (exact) mass is 283 g/mol. The molecule has 0 saturated heterocycles. The highest BCUT2D eigenvalue weighted by atomic mass is 16.1. The van der Waals surface area contributed by atoms with Crippen LogP contribution in [0.25, 0.3) is 0 Å². The third-order valence-corrected chi connectivity index (χ3v) is 3.72. The zero-order valence-corrected chi connectivity index (χ0v) is 11.7. The van der Waals surface area contributed by atoms with Gasteiger partial charge in [-0.25, -0.2) is 4.68 Å². The SMILES string of the molecule is Nc1c(C(=O)CC(=O)C2CC2)cnn1Cc1ccccc1. The Kier molecular flexibility index (Phi) is 3.56. The predicted molar refractivity (Wildman–Crippen MR) is 78.9 cm³/mol. The number of Topliss-reactive ketones (excluding diaryl/α,β-unsaturated/α-hetero) is 2. The summed E-state index contributed by atoms with van der Waals surface area (Å²) in [4.78, 5) is 23.8. The lowest BCUT2D eigenvalue weighted by atomic mass is 10.1. The van der Waals surface area contributed by atoms with E-state index in [1.807, 2.05) is 30.3 Å². The minimum atomic E-state index is -0.233. The van der Waals surface area contributed by atoms with Gasteiger partial charge in [0.2, 0.25) is 0 Å². The molecule has 5 nitrogen and oxygen atoms in total. The molecule has 108 valence electrons. The molecule has 1 aromatic heterocycles. The van der Waals surface area contributed by atoms with E-state index in [1.54, 1.807) is 4.68 Å². The second kappa shape index (κ2) is 5.52. The number of anilines is 1. The average Bonchev–Trinajstić information content (AvgIpc) is 3.26. The van der Waals surface area contributed by atoms with Crippen LogP contribution in [0.5, 0.6) is 0 Å². The Morgan fingerprint density at radius 2 is 1.95 bits per heavy atom. The van der Waals surface area contributed by atoms with Crippen LogP contribution in [0.1, 0.15) is 35.2 Å². The molecule has 0 radical (unpaired) electrons. The van der Waals surface area contributed by atoms with Crippen LogP contribution in [0.4, 0.5) is 5.82 Å². The highest BCUT2D eigenvalue weighted by Crippen LogP contribution is 2.31. The van der Waals surface area contributed by atoms with Crippen LogP contribution >= 0.6 is 0 Å². The molecule has 3 rings (SSSR count). The first kappa shape index (κ1) is 13.5. The number of hydrogen-bond acceptors (Lipinski definition) is 4. The fourth-order valence-electron chi connectivity index (χ4n) is 2.30. The Bertz CT molecular complexity index is 672. The summed E-state index contributed by atoms with van der Waals surface area (Å²) < 4.78 is 1.59. The number of ketones is 2. The Balaban J connectivity index is 1.72. The van der Waals surface area contributed by atoms with Crippen molar-refractivity contribution in [2.24, 2.45) is 5.92 Å². The van der Waals surface area contributed by atoms with Gasteiger partial charge in [-0.2, -0.15) is 5.10 Å². The van der Waals surface area contributed by atoms with Crippen LogP contribution in [-0.2, 0) is 11.3 Å². The van der Waals surface area contributed by atoms with Crippen molar-refractivity contribution in [3.05, 3.63) is 47.7 Å². The fraction of sp³-hybridized carbons (Fsp3) is 0.312. The number of benzene rings is 1. The van der Waals surface area contributed by atoms with Crippen LogP contribution in [0, 0.1) is 5.92 Å². The fourth-order valence-corrected chi connectivity index (χ4v) is 2.30. The number of aromatic nitrogens is 2. The third-order valence-electron chi connectivity index (χ3n) is 3.72. The summed E-state index contributed by atoms with van der Waals surface area (Å²) in [6.45, 7) is 0.510. The van der Waals surface area contributed by atoms with Crippen molar-refractivity contribution in [2.75, 3.05) is 5.73 Å². The normalized spacial score (nSPS) is 14.1. The van der Waals surface area contributed by atoms with E-state index in [9.17, 15) is 9.59 Å². The molecule has 1 heterocycles. The molecule has 1 aromatic carbocycles. The quantitative estimate of drug-likeness (QED) is 0.650. The molecule has 0 amide bonds. The molecule has 0 bridgehead atoms. The van der Waals surface area contributed by atoms with Crippen molar-refractivity contribution in [3.63, 3.8) is 0 Å². The minimum Gasteiger partial charge on any atom is -0.383 e. The van der Waals surface area contributed by atoms with Crippen LogP contribution in [0.15, 0.2) is 36.5 Å². The highest BCUT2D eigenvalue weighted by molar-refractivity contribution is 6.10. The van der Waals surface area contributed by atoms with Gasteiger partial charge in [0, 0.05) is 5.92 Å². The summed E-state index contributed by atoms with van der Waals surface area (Å²) in [6, 6.07) is 9.76. The van der Waals surface area contributed by atoms with Crippen LogP contribution < -0.4 is 5.73 Å². The standard InChI is InChI=1S/C16H17N3O2/c17-16-13(15(21)8-14(20)12-6-7-12)9-18-19(16)10-11-4-2-1-3-5-11/h1-5,9,12H,6-8,10,17H2. The Morgan fingerprint density at radius 1 is 1.24 bits per heavy atom. The van der Waals surface area contributed by atoms with Gasteiger partial charge in [0.25, 0.3) is 0 Å². The third kappa shape index (κ3) is 3.02. The van der Waals surface area contributed by atoms with Crippen LogP contribution in [0.3, 0.4) is 0 Å². The van der Waals surface area contributed by atoms with Crippen LogP contribution in [0.2, 0.25) is 0 Å². The zero-order chi connectivity index (χ0) is 14.8. The molecule has 1 fully saturated rings. The van der Waals surface area contributed by atoms with E-state index in [2.05, 4.69) is 5.10 Å². The predicted octanol–water partition coefficient (Wildman–Crippen LogP) is 2.07. The Labute approximate surface area is 122 Å². The molecular formula is C16H17N3O2. The molecule has 1 aliphatic carbocycles. The summed E-state index contributed by atoms with van der Waals surface area (Å²) in [5.41, 5.74) is 7.39. The molecule has 0 unspecified atom stereocenters. The van der Waals surface area contributed by atoms with Crippen molar-refractivity contribution in [3.8, 4) is 0 Å². The van der Waals surface area contributed by atoms with Gasteiger partial charge in [-0.1, -0.05) is 30.3 Å². The number of rotatable bonds is 6. The maximum absolute atomic E-state index is 12.1. The lowest BCUT2D eigenvalue weighted by Gasteiger charge is -2.05. The lowest BCUT2D eigenvalue weighted by Crippen LogP contribution is -2.12. The van der Waals surface area contributed by atoms with E-state index >= 15 is 0 Å². The van der Waals surface area contributed by atoms with E-state index < -0.39 is 0 Å². The van der Waals surface area contributed by atoms with Crippen molar-refractivity contribution in [2.45, 2.75) is 25.8 Å². The van der Waals surface area contributed by atoms with Gasteiger partial charge in [0.05, 0.1) is 24.7 Å². The molecule has 21 heavy (non-hydrogen) atoms. The first-order chi connectivity index (χ1) is 10.1. The summed E-state index contributed by atoms with van der Waals surface area (Å²) >= 11 is 0. The molecule has 5 heteroatoms. The smallest absolute Gasteiger partial charge is 0.175 e. The summed E-state index contributed by atoms with van der Waals surface area (Å²) in [6.07, 6.45) is 3.22. The molecule has 2 N–H and O–H groups in total. The molecule has 0 spiro atoms. The van der Waals surface area contributed by atoms with Gasteiger partial charge in [0.1, 0.15) is 11.6 Å². The maximum Gasteiger partial charge on any atom is 0.175 e. The van der Waals surface area contributed by atoms with Crippen molar-refractivity contribution in [1.82, 2.24) is 9.78 Å². The van der Waals surface area contributed by atoms with Gasteiger partial charge in [-0.15, -0.1) is 0 Å². The topological polar surface area (TPSA) is 78.0 Å². The van der Waals surface area contributed by atoms with Crippen molar-refractivity contribution >= 4 is 17.4 Å². The molecule has 0 aliphatic heterocycles. The van der Waals surface area contributed by atoms with E-state index in [1.165, 1.54) is 6.20 Å². The number of carbonyl (C=O) groups excluding carboxylic acids is 2. The van der Waals surface area contributed by atoms with Crippen molar-refractivity contribution in [1.29, 1.82) is 0 Å². The van der Waals surface area contributed by atoms with Gasteiger partial charge in [0.15, 0.2) is 5.78 Å². The van der Waals surface area contributed by atoms with Crippen LogP contribution in [-0.4, -0.2) is 21.3 Å². The summed E-state index contributed by atoms with van der Waals surface area (Å²) in [5, 5.41) is 4.16. The van der Waals surface area contributed by atoms with E-state index in [4.69, 9.17) is 5.73 Å². The number of nitrogens with two attached hydrogens (primary N) is 1. The van der Waals surface area contributed by atoms with E-state index in [0.29, 0.717) is 17.9 Å². The van der Waals surface area contributed by atoms with Crippen molar-refractivity contribution < 1.29 is 9.59 Å². The average molecular weight is 283 g/mol. The summed E-state index contributed by atoms with van der Waals surface area (Å²) in [5.74, 6) is 0.209. The number of carbonyl (C=O) groups is 2. The molecule has 1 saturated carbocycles. The number of nitrogens with zero attached hydrogens (tertiary/aromatic N) is 2. The minimum absolute atomic E-state index is 0.0233. The first-order valence-electron chi connectivity index (χ1n) is 7.06. The second-order valence-corrected chi connectivity index (χ2v) is 5.43. The second-order valence-electron chi connectivity index (χ2n) is 5.43. The molecule has 0 atom stereocenters. The lowest BCUT2D eigenvalue weighted by molar-refractivity contribution is -0.119. The zero-order valence-electron chi connectivity index (χ0n) is 11.7. The van der Waals surface area contributed by atoms with Gasteiger partial charge in [-0.3, -0.25) is 9.59 Å². The molecular weight excluding hydrogens is 266 g/mol. The maximum atomic E-state index is 12.1. The molecule has 2 aromatic rings. The summed E-state index contributed by atoms with van der Waals surface area (Å²) in [7, 11) is 0. The number of hydrogen-bond donors (Lipinski definition) is 1. The van der Waals surface area contributed by atoms with Gasteiger partial charge >= 0.3 is 0 Å². The van der Waals surface area contributed by atoms with E-state index in [-0.39, 0.29) is 23.9 Å². The largest absolute Gasteiger partial charge is 0.383 e. The van der Waals surface area contributed by atoms with Gasteiger partial charge < -0.3 is 5.73 Å². The molecule has 1 aliphatic rings.